The molecule has 0 fully saturated rings. The molecule has 0 saturated heterocycles. The summed E-state index contributed by atoms with van der Waals surface area (Å²) in [4.78, 5) is 34.5. The lowest BCUT2D eigenvalue weighted by molar-refractivity contribution is -0.0566. The Morgan fingerprint density at radius 3 is 2.64 bits per heavy atom. The smallest absolute Gasteiger partial charge is 0.296 e. The van der Waals surface area contributed by atoms with Crippen LogP contribution in [0.25, 0.3) is 22.0 Å². The lowest BCUT2D eigenvalue weighted by Gasteiger charge is -2.32. The molecule has 0 unspecified atom stereocenters. The first-order chi connectivity index (χ1) is 17.4. The quantitative estimate of drug-likeness (QED) is 0.443. The normalized spacial score (nSPS) is 13.9. The van der Waals surface area contributed by atoms with Crippen LogP contribution < -0.4 is 10.9 Å². The van der Waals surface area contributed by atoms with Crippen LogP contribution in [-0.4, -0.2) is 32.2 Å². The Hall–Kier alpha value is -4.04. The summed E-state index contributed by atoms with van der Waals surface area (Å²) in [6, 6.07) is 17.6. The Morgan fingerprint density at radius 2 is 1.83 bits per heavy atom. The van der Waals surface area contributed by atoms with E-state index in [1.54, 1.807) is 20.0 Å². The average Bonchev–Trinajstić information content (AvgIpc) is 2.90. The molecular formula is C28H30N4O4. The van der Waals surface area contributed by atoms with Gasteiger partial charge in [0.25, 0.3) is 11.5 Å². The molecule has 1 aliphatic heterocycles. The second kappa shape index (κ2) is 10.3. The van der Waals surface area contributed by atoms with Crippen molar-refractivity contribution in [3.8, 4) is 16.9 Å². The van der Waals surface area contributed by atoms with Crippen molar-refractivity contribution < 1.29 is 14.6 Å². The van der Waals surface area contributed by atoms with Crippen LogP contribution in [0.5, 0.6) is 5.75 Å². The van der Waals surface area contributed by atoms with Crippen molar-refractivity contribution in [3.05, 3.63) is 88.2 Å². The van der Waals surface area contributed by atoms with E-state index in [0.29, 0.717) is 12.4 Å². The first-order valence-electron chi connectivity index (χ1n) is 12.1. The van der Waals surface area contributed by atoms with Crippen molar-refractivity contribution >= 4 is 16.8 Å². The SMILES string of the molecule is CC.CC1(C)OCCn2c1nc(C(=O)NCc1ccccc1-c1cccc3ncccc13)c(O)c2=O. The number of ether oxygens (including phenoxy) is 1. The van der Waals surface area contributed by atoms with Crippen molar-refractivity contribution in [1.82, 2.24) is 19.9 Å². The maximum absolute atomic E-state index is 13.0. The number of fused-ring (bicyclic) bond motifs is 2. The highest BCUT2D eigenvalue weighted by Crippen LogP contribution is 2.31. The van der Waals surface area contributed by atoms with Crippen molar-refractivity contribution in [3.63, 3.8) is 0 Å². The zero-order valence-electron chi connectivity index (χ0n) is 20.9. The molecule has 0 aliphatic carbocycles. The number of rotatable bonds is 4. The molecule has 36 heavy (non-hydrogen) atoms. The van der Waals surface area contributed by atoms with Gasteiger partial charge in [-0.05, 0) is 42.7 Å². The summed E-state index contributed by atoms with van der Waals surface area (Å²) < 4.78 is 7.07. The highest BCUT2D eigenvalue weighted by Gasteiger charge is 2.34. The molecule has 0 radical (unpaired) electrons. The number of pyridine rings is 1. The molecule has 0 saturated carbocycles. The van der Waals surface area contributed by atoms with Crippen molar-refractivity contribution in [2.75, 3.05) is 6.61 Å². The molecule has 4 aromatic rings. The Kier molecular flexibility index (Phi) is 7.17. The average molecular weight is 487 g/mol. The minimum Gasteiger partial charge on any atom is -0.501 e. The summed E-state index contributed by atoms with van der Waals surface area (Å²) in [7, 11) is 0. The van der Waals surface area contributed by atoms with Gasteiger partial charge in [-0.15, -0.1) is 0 Å². The van der Waals surface area contributed by atoms with Gasteiger partial charge in [0, 0.05) is 18.1 Å². The molecule has 5 rings (SSSR count). The first-order valence-corrected chi connectivity index (χ1v) is 12.1. The second-order valence-electron chi connectivity index (χ2n) is 8.66. The third-order valence-corrected chi connectivity index (χ3v) is 6.07. The maximum atomic E-state index is 13.0. The van der Waals surface area contributed by atoms with Gasteiger partial charge in [0.15, 0.2) is 5.69 Å². The Bertz CT molecular complexity index is 1470. The summed E-state index contributed by atoms with van der Waals surface area (Å²) in [5, 5.41) is 14.3. The summed E-state index contributed by atoms with van der Waals surface area (Å²) in [6.45, 7) is 8.34. The van der Waals surface area contributed by atoms with Gasteiger partial charge in [-0.1, -0.05) is 56.3 Å². The van der Waals surface area contributed by atoms with Crippen LogP contribution in [-0.2, 0) is 23.4 Å². The third kappa shape index (κ3) is 4.59. The van der Waals surface area contributed by atoms with Crippen LogP contribution in [0.15, 0.2) is 65.6 Å². The Morgan fingerprint density at radius 1 is 1.08 bits per heavy atom. The van der Waals surface area contributed by atoms with Crippen LogP contribution in [0.4, 0.5) is 0 Å². The van der Waals surface area contributed by atoms with E-state index in [2.05, 4.69) is 15.3 Å². The number of nitrogens with zero attached hydrogens (tertiary/aromatic N) is 3. The number of amides is 1. The standard InChI is InChI=1S/C26H24N4O4.C2H6/c1-26(2)25-29-21(22(31)24(33)30(25)13-14-34-26)23(32)28-15-16-7-3-4-8-17(16)18-9-5-11-20-19(18)10-6-12-27-20;1-2/h3-12,31H,13-15H2,1-2H3,(H,28,32);1-2H3. The first kappa shape index (κ1) is 25.1. The van der Waals surface area contributed by atoms with Crippen LogP contribution in [0.3, 0.4) is 0 Å². The van der Waals surface area contributed by atoms with E-state index >= 15 is 0 Å². The number of benzene rings is 2. The number of nitrogens with one attached hydrogen (secondary N) is 1. The summed E-state index contributed by atoms with van der Waals surface area (Å²) in [6.07, 6.45) is 1.76. The molecule has 3 heterocycles. The maximum Gasteiger partial charge on any atom is 0.296 e. The lowest BCUT2D eigenvalue weighted by atomic mass is 9.96. The summed E-state index contributed by atoms with van der Waals surface area (Å²) in [5.41, 5.74) is 1.92. The van der Waals surface area contributed by atoms with Gasteiger partial charge in [0.05, 0.1) is 18.7 Å². The second-order valence-corrected chi connectivity index (χ2v) is 8.66. The Balaban J connectivity index is 0.00000148. The largest absolute Gasteiger partial charge is 0.501 e. The molecule has 2 aromatic heterocycles. The predicted octanol–water partition coefficient (Wildman–Crippen LogP) is 4.39. The van der Waals surface area contributed by atoms with Crippen LogP contribution >= 0.6 is 0 Å². The molecule has 0 spiro atoms. The fourth-order valence-corrected chi connectivity index (χ4v) is 4.36. The molecular weight excluding hydrogens is 456 g/mol. The van der Waals surface area contributed by atoms with Gasteiger partial charge in [-0.25, -0.2) is 4.98 Å². The minimum atomic E-state index is -0.852. The topological polar surface area (TPSA) is 106 Å². The molecule has 1 amide bonds. The highest BCUT2D eigenvalue weighted by molar-refractivity contribution is 5.96. The van der Waals surface area contributed by atoms with E-state index < -0.39 is 22.8 Å². The zero-order chi connectivity index (χ0) is 25.9. The predicted molar refractivity (Wildman–Crippen MR) is 139 cm³/mol. The van der Waals surface area contributed by atoms with Gasteiger partial charge < -0.3 is 15.2 Å². The Labute approximate surface area is 209 Å². The van der Waals surface area contributed by atoms with Crippen molar-refractivity contribution in [2.24, 2.45) is 0 Å². The molecule has 0 atom stereocenters. The number of carbonyl (C=O) groups is 1. The van der Waals surface area contributed by atoms with E-state index in [-0.39, 0.29) is 18.8 Å². The monoisotopic (exact) mass is 486 g/mol. The van der Waals surface area contributed by atoms with Gasteiger partial charge in [-0.2, -0.15) is 0 Å². The van der Waals surface area contributed by atoms with Crippen molar-refractivity contribution in [2.45, 2.75) is 46.4 Å². The van der Waals surface area contributed by atoms with E-state index in [4.69, 9.17) is 4.74 Å². The molecule has 0 bridgehead atoms. The number of hydrogen-bond donors (Lipinski definition) is 2. The number of hydrogen-bond acceptors (Lipinski definition) is 6. The highest BCUT2D eigenvalue weighted by atomic mass is 16.5. The van der Waals surface area contributed by atoms with Gasteiger partial charge in [0.2, 0.25) is 5.75 Å². The molecule has 2 N–H and O–H groups in total. The number of carbonyl (C=O) groups excluding carboxylic acids is 1. The molecule has 8 heteroatoms. The summed E-state index contributed by atoms with van der Waals surface area (Å²) >= 11 is 0. The number of aromatic hydroxyl groups is 1. The van der Waals surface area contributed by atoms with Gasteiger partial charge >= 0.3 is 0 Å². The fourth-order valence-electron chi connectivity index (χ4n) is 4.36. The van der Waals surface area contributed by atoms with Crippen molar-refractivity contribution in [1.29, 1.82) is 0 Å². The minimum absolute atomic E-state index is 0.186. The molecule has 186 valence electrons. The lowest BCUT2D eigenvalue weighted by Crippen LogP contribution is -2.42. The zero-order valence-corrected chi connectivity index (χ0v) is 20.9. The van der Waals surface area contributed by atoms with Gasteiger partial charge in [-0.3, -0.25) is 19.1 Å². The van der Waals surface area contributed by atoms with Gasteiger partial charge in [0.1, 0.15) is 11.4 Å². The third-order valence-electron chi connectivity index (χ3n) is 6.07. The van der Waals surface area contributed by atoms with Crippen LogP contribution in [0.2, 0.25) is 0 Å². The molecule has 1 aliphatic rings. The number of aromatic nitrogens is 3. The van der Waals surface area contributed by atoms with E-state index in [9.17, 15) is 14.7 Å². The molecule has 8 nitrogen and oxygen atoms in total. The van der Waals surface area contributed by atoms with E-state index in [0.717, 1.165) is 27.6 Å². The summed E-state index contributed by atoms with van der Waals surface area (Å²) in [5.74, 6) is -0.975. The van der Waals surface area contributed by atoms with Crippen LogP contribution in [0.1, 0.15) is 49.6 Å². The van der Waals surface area contributed by atoms with E-state index in [1.807, 2.05) is 68.4 Å². The van der Waals surface area contributed by atoms with Crippen LogP contribution in [0, 0.1) is 0 Å². The fraction of sp³-hybridized carbons (Fsp3) is 0.286. The molecule has 2 aromatic carbocycles. The van der Waals surface area contributed by atoms with E-state index in [1.165, 1.54) is 4.57 Å².